The molecule has 116 valence electrons. The van der Waals surface area contributed by atoms with Gasteiger partial charge in [-0.15, -0.1) is 0 Å². The molecule has 0 saturated heterocycles. The van der Waals surface area contributed by atoms with Crippen LogP contribution < -0.4 is 5.73 Å². The summed E-state index contributed by atoms with van der Waals surface area (Å²) in [6.45, 7) is 6.80. The van der Waals surface area contributed by atoms with Crippen LogP contribution in [0.3, 0.4) is 0 Å². The van der Waals surface area contributed by atoms with Crippen LogP contribution in [0.1, 0.15) is 111 Å². The van der Waals surface area contributed by atoms with E-state index in [-0.39, 0.29) is 5.54 Å². The summed E-state index contributed by atoms with van der Waals surface area (Å²) in [5, 5.41) is 0. The molecule has 0 bridgehead atoms. The van der Waals surface area contributed by atoms with Crippen molar-refractivity contribution in [2.45, 2.75) is 116 Å². The third-order valence-corrected chi connectivity index (χ3v) is 4.20. The Bertz CT molecular complexity index is 175. The topological polar surface area (TPSA) is 26.0 Å². The zero-order valence-electron chi connectivity index (χ0n) is 14.0. The van der Waals surface area contributed by atoms with Crippen molar-refractivity contribution in [2.75, 3.05) is 0 Å². The van der Waals surface area contributed by atoms with E-state index >= 15 is 0 Å². The molecule has 0 aromatic heterocycles. The molecule has 0 aromatic rings. The molecular weight excluding hydrogens is 230 g/mol. The number of rotatable bonds is 14. The van der Waals surface area contributed by atoms with Crippen molar-refractivity contribution in [3.63, 3.8) is 0 Å². The van der Waals surface area contributed by atoms with Gasteiger partial charge in [-0.25, -0.2) is 0 Å². The van der Waals surface area contributed by atoms with Crippen LogP contribution in [0.15, 0.2) is 0 Å². The maximum Gasteiger partial charge on any atom is 0.0125 e. The van der Waals surface area contributed by atoms with Gasteiger partial charge in [-0.05, 0) is 19.8 Å². The van der Waals surface area contributed by atoms with E-state index < -0.39 is 0 Å². The first-order chi connectivity index (χ1) is 9.12. The van der Waals surface area contributed by atoms with E-state index in [1.165, 1.54) is 89.9 Å². The van der Waals surface area contributed by atoms with E-state index in [1.807, 2.05) is 0 Å². The Kier molecular flexibility index (Phi) is 12.9. The molecule has 0 heterocycles. The summed E-state index contributed by atoms with van der Waals surface area (Å²) in [7, 11) is 0. The number of hydrogen-bond donors (Lipinski definition) is 1. The Morgan fingerprint density at radius 2 is 0.895 bits per heavy atom. The SMILES string of the molecule is CCCCCCCCCCC(C)(N)CCCCCC. The molecule has 0 rings (SSSR count). The molecule has 0 radical (unpaired) electrons. The highest BCUT2D eigenvalue weighted by molar-refractivity contribution is 4.78. The predicted octanol–water partition coefficient (Wildman–Crippen LogP) is 6.21. The van der Waals surface area contributed by atoms with Crippen LogP contribution in [0, 0.1) is 0 Å². The minimum absolute atomic E-state index is 0.0932. The minimum Gasteiger partial charge on any atom is -0.325 e. The minimum atomic E-state index is 0.0932. The van der Waals surface area contributed by atoms with Crippen molar-refractivity contribution < 1.29 is 0 Å². The molecule has 1 heteroatoms. The largest absolute Gasteiger partial charge is 0.325 e. The smallest absolute Gasteiger partial charge is 0.0125 e. The summed E-state index contributed by atoms with van der Waals surface area (Å²) in [6, 6.07) is 0. The van der Waals surface area contributed by atoms with Gasteiger partial charge in [0, 0.05) is 5.54 Å². The monoisotopic (exact) mass is 269 g/mol. The van der Waals surface area contributed by atoms with Gasteiger partial charge in [-0.1, -0.05) is 90.9 Å². The van der Waals surface area contributed by atoms with Crippen LogP contribution in [-0.4, -0.2) is 5.54 Å². The molecule has 0 amide bonds. The molecule has 2 N–H and O–H groups in total. The zero-order valence-corrected chi connectivity index (χ0v) is 14.0. The van der Waals surface area contributed by atoms with E-state index in [0.29, 0.717) is 0 Å². The van der Waals surface area contributed by atoms with E-state index in [2.05, 4.69) is 20.8 Å². The number of hydrogen-bond acceptors (Lipinski definition) is 1. The van der Waals surface area contributed by atoms with Crippen LogP contribution in [0.5, 0.6) is 0 Å². The van der Waals surface area contributed by atoms with E-state index in [4.69, 9.17) is 5.73 Å². The molecule has 19 heavy (non-hydrogen) atoms. The fourth-order valence-corrected chi connectivity index (χ4v) is 2.74. The lowest BCUT2D eigenvalue weighted by molar-refractivity contribution is 0.364. The lowest BCUT2D eigenvalue weighted by atomic mass is 9.89. The molecule has 0 saturated carbocycles. The summed E-state index contributed by atoms with van der Waals surface area (Å²) in [5.74, 6) is 0. The van der Waals surface area contributed by atoms with Crippen LogP contribution in [-0.2, 0) is 0 Å². The van der Waals surface area contributed by atoms with Gasteiger partial charge in [0.15, 0.2) is 0 Å². The van der Waals surface area contributed by atoms with Crippen molar-refractivity contribution in [2.24, 2.45) is 5.73 Å². The Labute approximate surface area is 122 Å². The maximum atomic E-state index is 6.38. The fraction of sp³-hybridized carbons (Fsp3) is 1.00. The van der Waals surface area contributed by atoms with Crippen molar-refractivity contribution in [1.29, 1.82) is 0 Å². The average Bonchev–Trinajstić information content (AvgIpc) is 2.38. The fourth-order valence-electron chi connectivity index (χ4n) is 2.74. The van der Waals surface area contributed by atoms with Gasteiger partial charge in [-0.3, -0.25) is 0 Å². The Hall–Kier alpha value is -0.0400. The summed E-state index contributed by atoms with van der Waals surface area (Å²) in [5.41, 5.74) is 6.47. The molecule has 1 unspecified atom stereocenters. The molecule has 0 aromatic carbocycles. The first-order valence-electron chi connectivity index (χ1n) is 8.91. The Morgan fingerprint density at radius 3 is 1.32 bits per heavy atom. The highest BCUT2D eigenvalue weighted by atomic mass is 14.7. The lowest BCUT2D eigenvalue weighted by Crippen LogP contribution is -2.35. The van der Waals surface area contributed by atoms with Crippen molar-refractivity contribution in [3.05, 3.63) is 0 Å². The van der Waals surface area contributed by atoms with Gasteiger partial charge in [0.2, 0.25) is 0 Å². The van der Waals surface area contributed by atoms with Gasteiger partial charge in [0.05, 0.1) is 0 Å². The van der Waals surface area contributed by atoms with Crippen LogP contribution in [0.25, 0.3) is 0 Å². The van der Waals surface area contributed by atoms with E-state index in [1.54, 1.807) is 0 Å². The third-order valence-electron chi connectivity index (χ3n) is 4.20. The molecule has 1 atom stereocenters. The molecule has 0 fully saturated rings. The second-order valence-corrected chi connectivity index (χ2v) is 6.69. The van der Waals surface area contributed by atoms with Crippen LogP contribution >= 0.6 is 0 Å². The molecule has 1 nitrogen and oxygen atoms in total. The highest BCUT2D eigenvalue weighted by Gasteiger charge is 2.16. The molecule has 0 aliphatic carbocycles. The van der Waals surface area contributed by atoms with Gasteiger partial charge in [0.25, 0.3) is 0 Å². The number of unbranched alkanes of at least 4 members (excludes halogenated alkanes) is 10. The summed E-state index contributed by atoms with van der Waals surface area (Å²) >= 11 is 0. The highest BCUT2D eigenvalue weighted by Crippen LogP contribution is 2.20. The van der Waals surface area contributed by atoms with Gasteiger partial charge in [0.1, 0.15) is 0 Å². The molecule has 0 aliphatic rings. The van der Waals surface area contributed by atoms with Gasteiger partial charge < -0.3 is 5.73 Å². The quantitative estimate of drug-likeness (QED) is 0.373. The second-order valence-electron chi connectivity index (χ2n) is 6.69. The van der Waals surface area contributed by atoms with E-state index in [0.717, 1.165) is 0 Å². The van der Waals surface area contributed by atoms with E-state index in [9.17, 15) is 0 Å². The Morgan fingerprint density at radius 1 is 0.579 bits per heavy atom. The van der Waals surface area contributed by atoms with Crippen molar-refractivity contribution in [1.82, 2.24) is 0 Å². The second kappa shape index (κ2) is 13.0. The summed E-state index contributed by atoms with van der Waals surface area (Å²) < 4.78 is 0. The normalized spacial score (nSPS) is 14.5. The average molecular weight is 270 g/mol. The lowest BCUT2D eigenvalue weighted by Gasteiger charge is -2.24. The van der Waals surface area contributed by atoms with Crippen LogP contribution in [0.2, 0.25) is 0 Å². The van der Waals surface area contributed by atoms with Crippen LogP contribution in [0.4, 0.5) is 0 Å². The molecule has 0 spiro atoms. The van der Waals surface area contributed by atoms with Crippen molar-refractivity contribution in [3.8, 4) is 0 Å². The first-order valence-corrected chi connectivity index (χ1v) is 8.91. The maximum absolute atomic E-state index is 6.38. The first kappa shape index (κ1) is 19.0. The predicted molar refractivity (Wildman–Crippen MR) is 88.6 cm³/mol. The molecule has 0 aliphatic heterocycles. The Balaban J connectivity index is 3.32. The van der Waals surface area contributed by atoms with Crippen molar-refractivity contribution >= 4 is 0 Å². The summed E-state index contributed by atoms with van der Waals surface area (Å²) in [6.07, 6.45) is 19.0. The standard InChI is InChI=1S/C18H39N/c1-4-6-8-10-11-12-13-15-17-18(3,19)16-14-9-7-5-2/h4-17,19H2,1-3H3. The third kappa shape index (κ3) is 14.2. The summed E-state index contributed by atoms with van der Waals surface area (Å²) in [4.78, 5) is 0. The zero-order chi connectivity index (χ0) is 14.4. The van der Waals surface area contributed by atoms with Gasteiger partial charge >= 0.3 is 0 Å². The van der Waals surface area contributed by atoms with Gasteiger partial charge in [-0.2, -0.15) is 0 Å². The molecular formula is C18H39N. The number of nitrogens with two attached hydrogens (primary N) is 1.